The Morgan fingerprint density at radius 2 is 1.48 bits per heavy atom. The zero-order chi connectivity index (χ0) is 17.1. The Kier molecular flexibility index (Phi) is 4.17. The molecular formula is C23H20N2. The van der Waals surface area contributed by atoms with Crippen molar-refractivity contribution in [1.82, 2.24) is 0 Å². The molecule has 0 aromatic heterocycles. The van der Waals surface area contributed by atoms with Crippen molar-refractivity contribution in [3.8, 4) is 0 Å². The number of anilines is 1. The van der Waals surface area contributed by atoms with Crippen LogP contribution in [0.5, 0.6) is 0 Å². The van der Waals surface area contributed by atoms with Gasteiger partial charge in [-0.1, -0.05) is 85.5 Å². The number of rotatable bonds is 4. The second kappa shape index (κ2) is 6.78. The molecule has 4 rings (SSSR count). The highest BCUT2D eigenvalue weighted by molar-refractivity contribution is 6.03. The van der Waals surface area contributed by atoms with Crippen LogP contribution >= 0.6 is 0 Å². The molecule has 3 aromatic carbocycles. The molecule has 2 nitrogen and oxygen atoms in total. The van der Waals surface area contributed by atoms with Crippen LogP contribution in [0.25, 0.3) is 6.08 Å². The third-order valence-electron chi connectivity index (χ3n) is 4.60. The number of para-hydroxylation sites is 1. The van der Waals surface area contributed by atoms with E-state index in [-0.39, 0.29) is 6.04 Å². The lowest BCUT2D eigenvalue weighted by molar-refractivity contribution is 0.709. The van der Waals surface area contributed by atoms with Crippen molar-refractivity contribution >= 4 is 17.5 Å². The number of benzene rings is 3. The maximum atomic E-state index is 4.97. The number of hydrazone groups is 1. The van der Waals surface area contributed by atoms with Crippen LogP contribution < -0.4 is 5.01 Å². The van der Waals surface area contributed by atoms with Crippen LogP contribution in [-0.2, 0) is 0 Å². The molecule has 0 bridgehead atoms. The van der Waals surface area contributed by atoms with Crippen molar-refractivity contribution in [3.05, 3.63) is 108 Å². The summed E-state index contributed by atoms with van der Waals surface area (Å²) in [4.78, 5) is 0. The molecule has 25 heavy (non-hydrogen) atoms. The molecule has 1 heterocycles. The fourth-order valence-corrected chi connectivity index (χ4v) is 3.25. The first-order valence-electron chi connectivity index (χ1n) is 8.55. The van der Waals surface area contributed by atoms with Crippen molar-refractivity contribution in [2.75, 3.05) is 5.01 Å². The molecule has 122 valence electrons. The molecule has 1 atom stereocenters. The van der Waals surface area contributed by atoms with E-state index in [0.29, 0.717) is 0 Å². The molecule has 1 aliphatic heterocycles. The first kappa shape index (κ1) is 15.4. The van der Waals surface area contributed by atoms with Gasteiger partial charge < -0.3 is 0 Å². The lowest BCUT2D eigenvalue weighted by Gasteiger charge is -2.23. The molecule has 1 unspecified atom stereocenters. The minimum Gasteiger partial charge on any atom is -0.257 e. The van der Waals surface area contributed by atoms with E-state index in [0.717, 1.165) is 23.4 Å². The Morgan fingerprint density at radius 1 is 0.840 bits per heavy atom. The van der Waals surface area contributed by atoms with Crippen LogP contribution in [0.15, 0.2) is 96.6 Å². The van der Waals surface area contributed by atoms with Crippen molar-refractivity contribution in [2.24, 2.45) is 5.10 Å². The van der Waals surface area contributed by atoms with E-state index in [1.54, 1.807) is 0 Å². The summed E-state index contributed by atoms with van der Waals surface area (Å²) in [5.41, 5.74) is 5.82. The Bertz CT molecular complexity index is 880. The number of nitrogens with zero attached hydrogens (tertiary/aromatic N) is 2. The van der Waals surface area contributed by atoms with E-state index in [1.807, 2.05) is 12.1 Å². The van der Waals surface area contributed by atoms with E-state index < -0.39 is 0 Å². The predicted molar refractivity (Wildman–Crippen MR) is 106 cm³/mol. The van der Waals surface area contributed by atoms with Gasteiger partial charge in [-0.15, -0.1) is 0 Å². The standard InChI is InChI=1S/C23H20N2/c1-2-18-13-15-19(16-14-18)22-17-23(20-9-5-3-6-10-20)25(24-22)21-11-7-4-8-12-21/h2-16,23H,1,17H2. The zero-order valence-electron chi connectivity index (χ0n) is 14.0. The molecule has 1 aliphatic rings. The van der Waals surface area contributed by atoms with E-state index in [9.17, 15) is 0 Å². The summed E-state index contributed by atoms with van der Waals surface area (Å²) in [5.74, 6) is 0. The fourth-order valence-electron chi connectivity index (χ4n) is 3.25. The van der Waals surface area contributed by atoms with Gasteiger partial charge in [0.15, 0.2) is 0 Å². The summed E-state index contributed by atoms with van der Waals surface area (Å²) in [6, 6.07) is 29.7. The normalized spacial score (nSPS) is 16.6. The van der Waals surface area contributed by atoms with Gasteiger partial charge in [-0.25, -0.2) is 0 Å². The van der Waals surface area contributed by atoms with Gasteiger partial charge in [0.25, 0.3) is 0 Å². The molecule has 0 aliphatic carbocycles. The quantitative estimate of drug-likeness (QED) is 0.602. The molecule has 0 spiro atoms. The maximum Gasteiger partial charge on any atom is 0.0831 e. The fraction of sp³-hybridized carbons (Fsp3) is 0.0870. The Balaban J connectivity index is 1.72. The monoisotopic (exact) mass is 324 g/mol. The molecule has 0 fully saturated rings. The molecule has 0 saturated carbocycles. The van der Waals surface area contributed by atoms with Crippen molar-refractivity contribution < 1.29 is 0 Å². The van der Waals surface area contributed by atoms with Crippen LogP contribution in [0.4, 0.5) is 5.69 Å². The molecule has 0 saturated heterocycles. The topological polar surface area (TPSA) is 15.6 Å². The summed E-state index contributed by atoms with van der Waals surface area (Å²) >= 11 is 0. The third-order valence-corrected chi connectivity index (χ3v) is 4.60. The average Bonchev–Trinajstić information content (AvgIpc) is 3.15. The molecule has 0 radical (unpaired) electrons. The van der Waals surface area contributed by atoms with Crippen molar-refractivity contribution in [3.63, 3.8) is 0 Å². The lowest BCUT2D eigenvalue weighted by Crippen LogP contribution is -2.18. The smallest absolute Gasteiger partial charge is 0.0831 e. The Labute approximate surface area is 148 Å². The maximum absolute atomic E-state index is 4.97. The molecule has 0 amide bonds. The van der Waals surface area contributed by atoms with Gasteiger partial charge in [-0.3, -0.25) is 5.01 Å². The largest absolute Gasteiger partial charge is 0.257 e. The van der Waals surface area contributed by atoms with Gasteiger partial charge in [0.1, 0.15) is 0 Å². The van der Waals surface area contributed by atoms with Crippen LogP contribution in [0.3, 0.4) is 0 Å². The molecule has 3 aromatic rings. The van der Waals surface area contributed by atoms with Crippen molar-refractivity contribution in [2.45, 2.75) is 12.5 Å². The Hall–Kier alpha value is -3.13. The first-order chi connectivity index (χ1) is 12.3. The highest BCUT2D eigenvalue weighted by atomic mass is 15.5. The summed E-state index contributed by atoms with van der Waals surface area (Å²) in [6.45, 7) is 3.82. The van der Waals surface area contributed by atoms with Gasteiger partial charge >= 0.3 is 0 Å². The zero-order valence-corrected chi connectivity index (χ0v) is 14.0. The van der Waals surface area contributed by atoms with Gasteiger partial charge in [0, 0.05) is 6.42 Å². The molecule has 2 heteroatoms. The van der Waals surface area contributed by atoms with Gasteiger partial charge in [-0.2, -0.15) is 5.10 Å². The van der Waals surface area contributed by atoms with E-state index >= 15 is 0 Å². The summed E-state index contributed by atoms with van der Waals surface area (Å²) in [7, 11) is 0. The highest BCUT2D eigenvalue weighted by Crippen LogP contribution is 2.36. The third kappa shape index (κ3) is 3.11. The Morgan fingerprint density at radius 3 is 2.12 bits per heavy atom. The number of hydrogen-bond acceptors (Lipinski definition) is 2. The summed E-state index contributed by atoms with van der Waals surface area (Å²) in [6.07, 6.45) is 2.76. The molecular weight excluding hydrogens is 304 g/mol. The van der Waals surface area contributed by atoms with E-state index in [1.165, 1.54) is 11.1 Å². The molecule has 0 N–H and O–H groups in total. The van der Waals surface area contributed by atoms with Crippen molar-refractivity contribution in [1.29, 1.82) is 0 Å². The van der Waals surface area contributed by atoms with Crippen LogP contribution in [0.2, 0.25) is 0 Å². The second-order valence-electron chi connectivity index (χ2n) is 6.18. The second-order valence-corrected chi connectivity index (χ2v) is 6.18. The number of hydrogen-bond donors (Lipinski definition) is 0. The van der Waals surface area contributed by atoms with Crippen LogP contribution in [-0.4, -0.2) is 5.71 Å². The first-order valence-corrected chi connectivity index (χ1v) is 8.55. The van der Waals surface area contributed by atoms with Gasteiger partial charge in [0.05, 0.1) is 17.4 Å². The summed E-state index contributed by atoms with van der Waals surface area (Å²) in [5, 5.41) is 7.11. The van der Waals surface area contributed by atoms with Gasteiger partial charge in [0.2, 0.25) is 0 Å². The lowest BCUT2D eigenvalue weighted by atomic mass is 9.97. The highest BCUT2D eigenvalue weighted by Gasteiger charge is 2.29. The predicted octanol–water partition coefficient (Wildman–Crippen LogP) is 5.69. The van der Waals surface area contributed by atoms with E-state index in [4.69, 9.17) is 5.10 Å². The minimum atomic E-state index is 0.220. The minimum absolute atomic E-state index is 0.220. The summed E-state index contributed by atoms with van der Waals surface area (Å²) < 4.78 is 0. The van der Waals surface area contributed by atoms with Gasteiger partial charge in [-0.05, 0) is 28.8 Å². The van der Waals surface area contributed by atoms with E-state index in [2.05, 4.69) is 90.5 Å². The van der Waals surface area contributed by atoms with Crippen LogP contribution in [0.1, 0.15) is 29.2 Å². The average molecular weight is 324 g/mol. The van der Waals surface area contributed by atoms with Crippen LogP contribution in [0, 0.1) is 0 Å². The SMILES string of the molecule is C=Cc1ccc(C2=NN(c3ccccc3)C(c3ccccc3)C2)cc1.